The van der Waals surface area contributed by atoms with Gasteiger partial charge in [0.1, 0.15) is 11.6 Å². The van der Waals surface area contributed by atoms with Gasteiger partial charge >= 0.3 is 6.36 Å². The average Bonchev–Trinajstić information content (AvgIpc) is 3.28. The van der Waals surface area contributed by atoms with Gasteiger partial charge in [-0.25, -0.2) is 14.5 Å². The standard InChI is InChI=1S/C14H10F3N3O.C12H19N3O2/c1-9-8-18-20-7-6-11(19-13(9)20)10-4-2-3-5-12(10)21-14(15,16)17;1-13-12(14-11-16)5-3-2-4-6-15-7-9-17-10-8-15/h2-8H,1H3;2-3,5,11H,1,4,6-10H2,(H,14,16)/b;3-2-,12-5+. The van der Waals surface area contributed by atoms with Crippen molar-refractivity contribution in [2.24, 2.45) is 4.99 Å². The van der Waals surface area contributed by atoms with E-state index >= 15 is 0 Å². The number of carbonyl (C=O) groups is 1. The molecule has 0 radical (unpaired) electrons. The first-order valence-electron chi connectivity index (χ1n) is 11.8. The molecule has 0 unspecified atom stereocenters. The largest absolute Gasteiger partial charge is 0.573 e. The van der Waals surface area contributed by atoms with Crippen molar-refractivity contribution in [3.63, 3.8) is 0 Å². The van der Waals surface area contributed by atoms with Gasteiger partial charge in [-0.2, -0.15) is 5.10 Å². The molecule has 0 saturated carbocycles. The molecule has 0 spiro atoms. The van der Waals surface area contributed by atoms with Crippen LogP contribution in [-0.2, 0) is 9.53 Å². The van der Waals surface area contributed by atoms with Crippen LogP contribution in [-0.4, -0.2) is 71.8 Å². The van der Waals surface area contributed by atoms with Crippen LogP contribution in [0.15, 0.2) is 71.8 Å². The van der Waals surface area contributed by atoms with Crippen LogP contribution in [0.3, 0.4) is 0 Å². The van der Waals surface area contributed by atoms with Crippen molar-refractivity contribution >= 4 is 18.8 Å². The topological polar surface area (TPSA) is 93.3 Å². The summed E-state index contributed by atoms with van der Waals surface area (Å²) in [5, 5.41) is 6.52. The number of carbonyl (C=O) groups excluding carboxylic acids is 1. The van der Waals surface area contributed by atoms with E-state index in [0.29, 0.717) is 23.6 Å². The number of nitrogens with zero attached hydrogens (tertiary/aromatic N) is 5. The number of para-hydroxylation sites is 1. The highest BCUT2D eigenvalue weighted by Crippen LogP contribution is 2.32. The highest BCUT2D eigenvalue weighted by Gasteiger charge is 2.32. The van der Waals surface area contributed by atoms with Crippen molar-refractivity contribution in [1.82, 2.24) is 24.8 Å². The number of morpholine rings is 1. The molecule has 1 amide bonds. The Morgan fingerprint density at radius 2 is 2.03 bits per heavy atom. The number of rotatable bonds is 9. The predicted molar refractivity (Wildman–Crippen MR) is 138 cm³/mol. The number of hydrogen-bond acceptors (Lipinski definition) is 7. The van der Waals surface area contributed by atoms with Crippen LogP contribution < -0.4 is 10.1 Å². The smallest absolute Gasteiger partial charge is 0.405 e. The zero-order valence-corrected chi connectivity index (χ0v) is 20.9. The van der Waals surface area contributed by atoms with Crippen molar-refractivity contribution in [2.75, 3.05) is 32.8 Å². The molecule has 1 saturated heterocycles. The molecule has 3 heterocycles. The summed E-state index contributed by atoms with van der Waals surface area (Å²) in [4.78, 5) is 20.6. The van der Waals surface area contributed by atoms with Gasteiger partial charge in [-0.1, -0.05) is 24.3 Å². The zero-order valence-electron chi connectivity index (χ0n) is 20.9. The number of nitrogens with one attached hydrogen (secondary N) is 1. The van der Waals surface area contributed by atoms with E-state index in [1.165, 1.54) is 18.2 Å². The second-order valence-electron chi connectivity index (χ2n) is 8.10. The summed E-state index contributed by atoms with van der Waals surface area (Å²) in [7, 11) is 0. The molecule has 2 aromatic heterocycles. The second kappa shape index (κ2) is 14.1. The minimum absolute atomic E-state index is 0.276. The normalized spacial score (nSPS) is 14.7. The number of halogens is 3. The van der Waals surface area contributed by atoms with Crippen LogP contribution in [0.25, 0.3) is 16.9 Å². The van der Waals surface area contributed by atoms with E-state index < -0.39 is 6.36 Å². The molecule has 0 bridgehead atoms. The van der Waals surface area contributed by atoms with Gasteiger partial charge in [-0.15, -0.1) is 13.2 Å². The molecule has 9 nitrogen and oxygen atoms in total. The number of fused-ring (bicyclic) bond motifs is 1. The fourth-order valence-electron chi connectivity index (χ4n) is 3.57. The highest BCUT2D eigenvalue weighted by atomic mass is 19.4. The van der Waals surface area contributed by atoms with E-state index in [1.807, 2.05) is 19.1 Å². The fraction of sp³-hybridized carbons (Fsp3) is 0.308. The van der Waals surface area contributed by atoms with E-state index in [4.69, 9.17) is 4.74 Å². The molecule has 0 atom stereocenters. The van der Waals surface area contributed by atoms with Crippen molar-refractivity contribution in [3.8, 4) is 17.0 Å². The van der Waals surface area contributed by atoms with Gasteiger partial charge in [0.05, 0.1) is 25.1 Å². The molecule has 0 aliphatic carbocycles. The monoisotopic (exact) mass is 530 g/mol. The van der Waals surface area contributed by atoms with Crippen LogP contribution in [0.5, 0.6) is 5.75 Å². The summed E-state index contributed by atoms with van der Waals surface area (Å²) in [6.07, 6.45) is 5.75. The van der Waals surface area contributed by atoms with Crippen molar-refractivity contribution in [2.45, 2.75) is 19.7 Å². The summed E-state index contributed by atoms with van der Waals surface area (Å²) in [5.74, 6) is 0.182. The van der Waals surface area contributed by atoms with Gasteiger partial charge in [0.15, 0.2) is 5.65 Å². The number of allylic oxidation sites excluding steroid dienone is 2. The predicted octanol–water partition coefficient (Wildman–Crippen LogP) is 4.16. The van der Waals surface area contributed by atoms with Gasteiger partial charge < -0.3 is 14.8 Å². The van der Waals surface area contributed by atoms with Crippen molar-refractivity contribution in [1.29, 1.82) is 0 Å². The van der Waals surface area contributed by atoms with Crippen LogP contribution in [0.1, 0.15) is 12.0 Å². The molecule has 12 heteroatoms. The Balaban J connectivity index is 0.000000216. The lowest BCUT2D eigenvalue weighted by atomic mass is 10.1. The number of aryl methyl sites for hydroxylation is 1. The van der Waals surface area contributed by atoms with Crippen molar-refractivity contribution < 1.29 is 27.4 Å². The van der Waals surface area contributed by atoms with Gasteiger partial charge in [-0.05, 0) is 44.3 Å². The molecule has 1 aliphatic heterocycles. The molecule has 1 fully saturated rings. The third-order valence-electron chi connectivity index (χ3n) is 5.42. The number of aliphatic imine (C=N–C) groups is 1. The van der Waals surface area contributed by atoms with Gasteiger partial charge in [-0.3, -0.25) is 9.69 Å². The Kier molecular flexibility index (Phi) is 10.6. The zero-order chi connectivity index (χ0) is 27.4. The number of benzene rings is 1. The fourth-order valence-corrected chi connectivity index (χ4v) is 3.57. The van der Waals surface area contributed by atoms with E-state index in [-0.39, 0.29) is 11.3 Å². The third kappa shape index (κ3) is 8.82. The molecular formula is C26H29F3N6O3. The lowest BCUT2D eigenvalue weighted by Gasteiger charge is -2.25. The van der Waals surface area contributed by atoms with Crippen LogP contribution in [0, 0.1) is 6.92 Å². The highest BCUT2D eigenvalue weighted by molar-refractivity contribution is 5.69. The Morgan fingerprint density at radius 1 is 1.26 bits per heavy atom. The van der Waals surface area contributed by atoms with E-state index in [9.17, 15) is 18.0 Å². The Bertz CT molecular complexity index is 1270. The molecule has 4 rings (SSSR count). The molecule has 1 aromatic carbocycles. The average molecular weight is 531 g/mol. The first kappa shape index (κ1) is 28.5. The molecule has 1 N–H and O–H groups in total. The van der Waals surface area contributed by atoms with Gasteiger partial charge in [0.2, 0.25) is 6.41 Å². The van der Waals surface area contributed by atoms with Gasteiger partial charge in [0.25, 0.3) is 0 Å². The number of aromatic nitrogens is 3. The minimum atomic E-state index is -4.74. The summed E-state index contributed by atoms with van der Waals surface area (Å²) < 4.78 is 48.2. The lowest BCUT2D eigenvalue weighted by molar-refractivity contribution is -0.274. The Morgan fingerprint density at radius 3 is 2.74 bits per heavy atom. The maximum Gasteiger partial charge on any atom is 0.573 e. The minimum Gasteiger partial charge on any atom is -0.405 e. The lowest BCUT2D eigenvalue weighted by Crippen LogP contribution is -2.36. The van der Waals surface area contributed by atoms with Crippen molar-refractivity contribution in [3.05, 3.63) is 72.3 Å². The summed E-state index contributed by atoms with van der Waals surface area (Å²) >= 11 is 0. The number of amides is 1. The van der Waals surface area contributed by atoms with E-state index in [1.54, 1.807) is 35.1 Å². The van der Waals surface area contributed by atoms with Crippen LogP contribution in [0.4, 0.5) is 13.2 Å². The quantitative estimate of drug-likeness (QED) is 0.254. The first-order valence-corrected chi connectivity index (χ1v) is 11.8. The van der Waals surface area contributed by atoms with Crippen LogP contribution >= 0.6 is 0 Å². The number of hydrogen-bond donors (Lipinski definition) is 1. The summed E-state index contributed by atoms with van der Waals surface area (Å²) in [6.45, 7) is 9.90. The second-order valence-corrected chi connectivity index (χ2v) is 8.10. The van der Waals surface area contributed by atoms with Crippen LogP contribution in [0.2, 0.25) is 0 Å². The maximum absolute atomic E-state index is 12.4. The third-order valence-corrected chi connectivity index (χ3v) is 5.42. The Labute approximate surface area is 218 Å². The SMILES string of the molecule is C=N/C(=C\C=C/CCN1CCOCC1)NC=O.Cc1cnn2ccc(-c3ccccc3OC(F)(F)F)nc12. The summed E-state index contributed by atoms with van der Waals surface area (Å²) in [5.41, 5.74) is 2.10. The van der Waals surface area contributed by atoms with E-state index in [2.05, 4.69) is 36.7 Å². The number of alkyl halides is 3. The maximum atomic E-state index is 12.4. The molecular weight excluding hydrogens is 501 g/mol. The van der Waals surface area contributed by atoms with E-state index in [0.717, 1.165) is 44.8 Å². The Hall–Kier alpha value is -4.03. The number of ether oxygens (including phenoxy) is 2. The molecule has 3 aromatic rings. The summed E-state index contributed by atoms with van der Waals surface area (Å²) in [6, 6.07) is 7.50. The molecule has 38 heavy (non-hydrogen) atoms. The van der Waals surface area contributed by atoms with Gasteiger partial charge in [0, 0.05) is 37.0 Å². The molecule has 202 valence electrons. The molecule has 1 aliphatic rings. The first-order chi connectivity index (χ1) is 18.3.